The number of ether oxygens (including phenoxy) is 2. The molecule has 1 saturated carbocycles. The monoisotopic (exact) mass is 657 g/mol. The number of nitrogens with zero attached hydrogens (tertiary/aromatic N) is 6. The summed E-state index contributed by atoms with van der Waals surface area (Å²) in [4.78, 5) is 30.3. The molecule has 1 N–H and O–H groups in total. The SMILES string of the molecule is COC(=O)N[C@@H]1CC[C@@H](n2c(=O)n(C)c3cnc4c(c(Br)c(-c5cn(C)nc5OC)n4S(=O)(=O)c4ccccc4)c32)C1. The van der Waals surface area contributed by atoms with Crippen LogP contribution in [0.15, 0.2) is 56.9 Å². The van der Waals surface area contributed by atoms with Gasteiger partial charge < -0.3 is 14.8 Å². The van der Waals surface area contributed by atoms with E-state index < -0.39 is 16.1 Å². The molecule has 4 aromatic heterocycles. The number of hydrogen-bond donors (Lipinski definition) is 1. The van der Waals surface area contributed by atoms with Gasteiger partial charge >= 0.3 is 11.8 Å². The third kappa shape index (κ3) is 4.21. The lowest BCUT2D eigenvalue weighted by molar-refractivity contribution is 0.166. The van der Waals surface area contributed by atoms with Gasteiger partial charge in [-0.25, -0.2) is 27.0 Å². The van der Waals surface area contributed by atoms with Gasteiger partial charge in [-0.2, -0.15) is 0 Å². The van der Waals surface area contributed by atoms with Gasteiger partial charge in [0.1, 0.15) is 0 Å². The number of benzene rings is 1. The molecule has 0 radical (unpaired) electrons. The van der Waals surface area contributed by atoms with Crippen LogP contribution in [0.2, 0.25) is 0 Å². The average Bonchev–Trinajstić information content (AvgIpc) is 3.72. The highest BCUT2D eigenvalue weighted by Crippen LogP contribution is 2.45. The molecule has 42 heavy (non-hydrogen) atoms. The van der Waals surface area contributed by atoms with Crippen LogP contribution in [-0.2, 0) is 28.9 Å². The molecule has 0 bridgehead atoms. The quantitative estimate of drug-likeness (QED) is 0.292. The maximum atomic E-state index is 14.3. The zero-order valence-electron chi connectivity index (χ0n) is 23.2. The van der Waals surface area contributed by atoms with Crippen molar-refractivity contribution in [3.8, 4) is 17.1 Å². The van der Waals surface area contributed by atoms with E-state index in [9.17, 15) is 18.0 Å². The number of aryl methyl sites for hydroxylation is 2. The van der Waals surface area contributed by atoms with E-state index in [4.69, 9.17) is 9.47 Å². The largest absolute Gasteiger partial charge is 0.479 e. The minimum Gasteiger partial charge on any atom is -0.479 e. The first-order valence-electron chi connectivity index (χ1n) is 13.1. The molecule has 4 heterocycles. The molecule has 0 spiro atoms. The maximum Gasteiger partial charge on any atom is 0.407 e. The predicted molar refractivity (Wildman–Crippen MR) is 158 cm³/mol. The Morgan fingerprint density at radius 2 is 1.88 bits per heavy atom. The van der Waals surface area contributed by atoms with E-state index in [1.807, 2.05) is 0 Å². The molecule has 2 atom stereocenters. The number of carbonyl (C=O) groups is 1. The number of pyridine rings is 1. The number of rotatable bonds is 6. The van der Waals surface area contributed by atoms with Crippen LogP contribution in [0.3, 0.4) is 0 Å². The molecule has 13 nitrogen and oxygen atoms in total. The van der Waals surface area contributed by atoms with Crippen LogP contribution in [0.1, 0.15) is 25.3 Å². The van der Waals surface area contributed by atoms with E-state index in [1.54, 1.807) is 43.1 Å². The van der Waals surface area contributed by atoms with Crippen molar-refractivity contribution in [3.63, 3.8) is 0 Å². The minimum absolute atomic E-state index is 0.0679. The topological polar surface area (TPSA) is 144 Å². The summed E-state index contributed by atoms with van der Waals surface area (Å²) in [6.45, 7) is 0. The van der Waals surface area contributed by atoms with E-state index >= 15 is 0 Å². The summed E-state index contributed by atoms with van der Waals surface area (Å²) >= 11 is 3.71. The van der Waals surface area contributed by atoms with Crippen LogP contribution in [0, 0.1) is 0 Å². The van der Waals surface area contributed by atoms with Gasteiger partial charge in [0.05, 0.1) is 57.5 Å². The van der Waals surface area contributed by atoms with Crippen molar-refractivity contribution in [1.29, 1.82) is 0 Å². The Kier molecular flexibility index (Phi) is 6.88. The van der Waals surface area contributed by atoms with Crippen molar-refractivity contribution in [2.75, 3.05) is 14.2 Å². The van der Waals surface area contributed by atoms with Crippen LogP contribution < -0.4 is 15.7 Å². The van der Waals surface area contributed by atoms with Gasteiger partial charge in [0.15, 0.2) is 5.65 Å². The molecule has 15 heteroatoms. The van der Waals surface area contributed by atoms with E-state index in [-0.39, 0.29) is 39.9 Å². The molecule has 1 fully saturated rings. The Morgan fingerprint density at radius 3 is 2.57 bits per heavy atom. The lowest BCUT2D eigenvalue weighted by atomic mass is 10.2. The Balaban J connectivity index is 1.69. The second kappa shape index (κ2) is 10.3. The normalized spacial score (nSPS) is 17.3. The molecule has 1 aliphatic carbocycles. The van der Waals surface area contributed by atoms with Crippen LogP contribution in [0.4, 0.5) is 4.79 Å². The third-order valence-corrected chi connectivity index (χ3v) is 10.2. The maximum absolute atomic E-state index is 14.3. The molecule has 1 amide bonds. The van der Waals surface area contributed by atoms with E-state index in [0.717, 1.165) is 0 Å². The highest BCUT2D eigenvalue weighted by Gasteiger charge is 2.35. The fourth-order valence-corrected chi connectivity index (χ4v) is 8.21. The van der Waals surface area contributed by atoms with E-state index in [1.165, 1.54) is 45.8 Å². The molecule has 0 saturated heterocycles. The van der Waals surface area contributed by atoms with Crippen LogP contribution in [0.25, 0.3) is 33.3 Å². The summed E-state index contributed by atoms with van der Waals surface area (Å²) < 4.78 is 45.2. The molecule has 5 aromatic rings. The van der Waals surface area contributed by atoms with Gasteiger partial charge in [-0.3, -0.25) is 13.8 Å². The molecule has 1 aliphatic rings. The predicted octanol–water partition coefficient (Wildman–Crippen LogP) is 3.55. The van der Waals surface area contributed by atoms with Crippen molar-refractivity contribution in [1.82, 2.24) is 33.2 Å². The number of halogens is 1. The second-order valence-corrected chi connectivity index (χ2v) is 12.8. The Morgan fingerprint density at radius 1 is 1.14 bits per heavy atom. The number of fused-ring (bicyclic) bond motifs is 3. The van der Waals surface area contributed by atoms with E-state index in [0.29, 0.717) is 45.7 Å². The van der Waals surface area contributed by atoms with Crippen molar-refractivity contribution in [2.45, 2.75) is 36.2 Å². The minimum atomic E-state index is -4.19. The molecule has 6 rings (SSSR count). The van der Waals surface area contributed by atoms with Gasteiger partial charge in [0.25, 0.3) is 10.0 Å². The van der Waals surface area contributed by atoms with Gasteiger partial charge in [-0.15, -0.1) is 5.10 Å². The highest BCUT2D eigenvalue weighted by molar-refractivity contribution is 9.10. The zero-order chi connectivity index (χ0) is 29.9. The van der Waals surface area contributed by atoms with Crippen molar-refractivity contribution in [3.05, 3.63) is 57.7 Å². The number of alkyl carbamates (subject to hydrolysis) is 1. The molecule has 0 unspecified atom stereocenters. The highest BCUT2D eigenvalue weighted by atomic mass is 79.9. The number of hydrogen-bond acceptors (Lipinski definition) is 8. The number of nitrogens with one attached hydrogen (secondary N) is 1. The lowest BCUT2D eigenvalue weighted by Gasteiger charge is -2.14. The molecule has 0 aliphatic heterocycles. The number of amides is 1. The van der Waals surface area contributed by atoms with Crippen LogP contribution in [-0.4, -0.2) is 62.6 Å². The Labute approximate surface area is 248 Å². The first kappa shape index (κ1) is 28.0. The zero-order valence-corrected chi connectivity index (χ0v) is 25.6. The van der Waals surface area contributed by atoms with Gasteiger partial charge in [-0.05, 0) is 47.3 Å². The summed E-state index contributed by atoms with van der Waals surface area (Å²) in [5.74, 6) is 0.222. The van der Waals surface area contributed by atoms with Gasteiger partial charge in [0.2, 0.25) is 5.88 Å². The lowest BCUT2D eigenvalue weighted by Crippen LogP contribution is -2.33. The number of imidazole rings is 1. The first-order chi connectivity index (χ1) is 20.1. The summed E-state index contributed by atoms with van der Waals surface area (Å²) in [6, 6.07) is 7.64. The molecular weight excluding hydrogens is 630 g/mol. The fraction of sp³-hybridized carbons (Fsp3) is 0.333. The van der Waals surface area contributed by atoms with Crippen LogP contribution >= 0.6 is 15.9 Å². The Hall–Kier alpha value is -4.11. The number of aromatic nitrogens is 6. The first-order valence-corrected chi connectivity index (χ1v) is 15.3. The number of methoxy groups -OCH3 is 2. The molecule has 1 aromatic carbocycles. The van der Waals surface area contributed by atoms with E-state index in [2.05, 4.69) is 31.3 Å². The summed E-state index contributed by atoms with van der Waals surface area (Å²) in [5.41, 5.74) is 1.63. The average molecular weight is 659 g/mol. The fourth-order valence-electron chi connectivity index (χ4n) is 5.83. The smallest absolute Gasteiger partial charge is 0.407 e. The summed E-state index contributed by atoms with van der Waals surface area (Å²) in [6.07, 6.45) is 4.44. The van der Waals surface area contributed by atoms with Crippen LogP contribution in [0.5, 0.6) is 5.88 Å². The van der Waals surface area contributed by atoms with Crippen molar-refractivity contribution < 1.29 is 22.7 Å². The Bertz CT molecular complexity index is 2030. The van der Waals surface area contributed by atoms with Gasteiger partial charge in [0, 0.05) is 32.4 Å². The third-order valence-electron chi connectivity index (χ3n) is 7.73. The van der Waals surface area contributed by atoms with Crippen molar-refractivity contribution >= 4 is 54.1 Å². The molecular formula is C27H28BrN7O6S. The summed E-state index contributed by atoms with van der Waals surface area (Å²) in [7, 11) is 1.94. The number of carbonyl (C=O) groups excluding carboxylic acids is 1. The second-order valence-electron chi connectivity index (χ2n) is 10.2. The summed E-state index contributed by atoms with van der Waals surface area (Å²) in [5, 5.41) is 7.63. The molecule has 220 valence electrons. The van der Waals surface area contributed by atoms with Crippen molar-refractivity contribution in [2.24, 2.45) is 14.1 Å². The van der Waals surface area contributed by atoms with Gasteiger partial charge in [-0.1, -0.05) is 18.2 Å². The standard InChI is InChI=1S/C27H28BrN7O6S/c1-32-14-18(25(31-32)40-3)22-21(28)20-23-19(13-29-24(20)35(22)42(38,39)17-8-6-5-7-9-17)33(2)27(37)34(23)16-11-10-15(12-16)30-26(36)41-4/h5-9,13-16H,10-12H2,1-4H3,(H,30,36)/t15-,16-/m1/s1.